The number of piperidine rings is 1. The van der Waals surface area contributed by atoms with Gasteiger partial charge < -0.3 is 10.6 Å². The zero-order valence-corrected chi connectivity index (χ0v) is 16.9. The van der Waals surface area contributed by atoms with Gasteiger partial charge in [0.2, 0.25) is 5.91 Å². The lowest BCUT2D eigenvalue weighted by molar-refractivity contribution is -0.122. The molecular weight excluding hydrogens is 367 g/mol. The van der Waals surface area contributed by atoms with Gasteiger partial charge in [-0.3, -0.25) is 4.79 Å². The molecule has 0 aromatic heterocycles. The van der Waals surface area contributed by atoms with Crippen molar-refractivity contribution < 1.29 is 4.79 Å². The van der Waals surface area contributed by atoms with Gasteiger partial charge in [-0.15, -0.1) is 12.4 Å². The van der Waals surface area contributed by atoms with Crippen LogP contribution in [0.2, 0.25) is 5.02 Å². The van der Waals surface area contributed by atoms with Crippen LogP contribution in [0.4, 0.5) is 0 Å². The second-order valence-corrected chi connectivity index (χ2v) is 8.89. The number of rotatable bonds is 5. The molecule has 1 aliphatic carbocycles. The van der Waals surface area contributed by atoms with Gasteiger partial charge >= 0.3 is 0 Å². The van der Waals surface area contributed by atoms with Crippen LogP contribution in [0.1, 0.15) is 63.4 Å². The maximum Gasteiger partial charge on any atom is 0.220 e. The predicted octanol–water partition coefficient (Wildman–Crippen LogP) is 4.61. The van der Waals surface area contributed by atoms with Crippen molar-refractivity contribution in [3.8, 4) is 0 Å². The van der Waals surface area contributed by atoms with Crippen molar-refractivity contribution in [2.45, 2.75) is 75.3 Å². The van der Waals surface area contributed by atoms with Crippen LogP contribution in [0.15, 0.2) is 24.3 Å². The van der Waals surface area contributed by atoms with E-state index in [0.717, 1.165) is 24.4 Å². The first kappa shape index (κ1) is 20.0. The van der Waals surface area contributed by atoms with Crippen molar-refractivity contribution >= 4 is 29.9 Å². The highest BCUT2D eigenvalue weighted by Gasteiger charge is 2.37. The molecule has 2 heterocycles. The van der Waals surface area contributed by atoms with Gasteiger partial charge in [0.1, 0.15) is 0 Å². The Labute approximate surface area is 168 Å². The number of fused-ring (bicyclic) bond motifs is 2. The number of carbonyl (C=O) groups excluding carboxylic acids is 1. The molecule has 0 spiro atoms. The van der Waals surface area contributed by atoms with E-state index in [4.69, 9.17) is 11.6 Å². The summed E-state index contributed by atoms with van der Waals surface area (Å²) in [7, 11) is 0. The number of halogens is 2. The third kappa shape index (κ3) is 4.37. The zero-order chi connectivity index (χ0) is 17.3. The Morgan fingerprint density at radius 3 is 2.35 bits per heavy atom. The van der Waals surface area contributed by atoms with Gasteiger partial charge in [0.25, 0.3) is 0 Å². The summed E-state index contributed by atoms with van der Waals surface area (Å²) in [5, 5.41) is 7.72. The van der Waals surface area contributed by atoms with Crippen LogP contribution in [0, 0.1) is 5.92 Å². The highest BCUT2D eigenvalue weighted by Crippen LogP contribution is 2.41. The van der Waals surface area contributed by atoms with Gasteiger partial charge in [0.15, 0.2) is 0 Å². The van der Waals surface area contributed by atoms with Crippen molar-refractivity contribution in [2.24, 2.45) is 5.92 Å². The SMILES string of the molecule is Cl.O=C(CC1CC2CCC(C1)N2)NCC1(c2ccc(Cl)cc2)CCCC1. The van der Waals surface area contributed by atoms with Crippen molar-refractivity contribution in [1.29, 1.82) is 0 Å². The van der Waals surface area contributed by atoms with Gasteiger partial charge in [-0.05, 0) is 62.1 Å². The maximum absolute atomic E-state index is 12.6. The highest BCUT2D eigenvalue weighted by molar-refractivity contribution is 6.30. The average Bonchev–Trinajstić information content (AvgIpc) is 3.21. The van der Waals surface area contributed by atoms with E-state index in [9.17, 15) is 4.79 Å². The largest absolute Gasteiger partial charge is 0.355 e. The predicted molar refractivity (Wildman–Crippen MR) is 109 cm³/mol. The first-order chi connectivity index (χ1) is 12.1. The minimum Gasteiger partial charge on any atom is -0.355 e. The quantitative estimate of drug-likeness (QED) is 0.762. The van der Waals surface area contributed by atoms with Crippen molar-refractivity contribution in [3.05, 3.63) is 34.9 Å². The van der Waals surface area contributed by atoms with Crippen LogP contribution in [0.3, 0.4) is 0 Å². The van der Waals surface area contributed by atoms with E-state index in [0.29, 0.717) is 24.4 Å². The van der Waals surface area contributed by atoms with Crippen molar-refractivity contribution in [1.82, 2.24) is 10.6 Å². The molecule has 2 unspecified atom stereocenters. The van der Waals surface area contributed by atoms with E-state index < -0.39 is 0 Å². The summed E-state index contributed by atoms with van der Waals surface area (Å²) in [6.45, 7) is 0.769. The number of carbonyl (C=O) groups is 1. The number of benzene rings is 1. The van der Waals surface area contributed by atoms with Crippen molar-refractivity contribution in [2.75, 3.05) is 6.54 Å². The molecule has 1 saturated carbocycles. The van der Waals surface area contributed by atoms with Crippen LogP contribution in [0.5, 0.6) is 0 Å². The second kappa shape index (κ2) is 8.50. The van der Waals surface area contributed by atoms with Gasteiger partial charge in [0, 0.05) is 35.5 Å². The van der Waals surface area contributed by atoms with E-state index in [1.807, 2.05) is 12.1 Å². The Kier molecular flexibility index (Phi) is 6.53. The lowest BCUT2D eigenvalue weighted by atomic mass is 9.78. The molecule has 1 amide bonds. The topological polar surface area (TPSA) is 41.1 Å². The highest BCUT2D eigenvalue weighted by atomic mass is 35.5. The van der Waals surface area contributed by atoms with Crippen LogP contribution < -0.4 is 10.6 Å². The molecule has 1 aromatic rings. The Bertz CT molecular complexity index is 601. The van der Waals surface area contributed by atoms with Gasteiger partial charge in [0.05, 0.1) is 0 Å². The first-order valence-electron chi connectivity index (χ1n) is 9.92. The Morgan fingerprint density at radius 1 is 1.12 bits per heavy atom. The zero-order valence-electron chi connectivity index (χ0n) is 15.3. The number of amides is 1. The third-order valence-electron chi connectivity index (χ3n) is 6.69. The molecule has 4 rings (SSSR count). The van der Waals surface area contributed by atoms with Crippen LogP contribution >= 0.6 is 24.0 Å². The second-order valence-electron chi connectivity index (χ2n) is 8.45. The summed E-state index contributed by atoms with van der Waals surface area (Å²) in [5.41, 5.74) is 1.43. The molecule has 2 atom stereocenters. The minimum absolute atomic E-state index is 0. The Morgan fingerprint density at radius 2 is 1.73 bits per heavy atom. The van der Waals surface area contributed by atoms with Crippen LogP contribution in [0.25, 0.3) is 0 Å². The molecule has 3 aliphatic rings. The van der Waals surface area contributed by atoms with E-state index in [2.05, 4.69) is 22.8 Å². The van der Waals surface area contributed by atoms with Crippen LogP contribution in [-0.4, -0.2) is 24.5 Å². The summed E-state index contributed by atoms with van der Waals surface area (Å²) in [6.07, 6.45) is 10.4. The fourth-order valence-electron chi connectivity index (χ4n) is 5.37. The lowest BCUT2D eigenvalue weighted by Crippen LogP contribution is -2.42. The van der Waals surface area contributed by atoms with Crippen LogP contribution in [-0.2, 0) is 10.2 Å². The Balaban J connectivity index is 0.00000196. The number of hydrogen-bond donors (Lipinski definition) is 2. The molecule has 2 aliphatic heterocycles. The normalized spacial score (nSPS) is 29.2. The molecule has 2 N–H and O–H groups in total. The van der Waals surface area contributed by atoms with E-state index in [-0.39, 0.29) is 23.7 Å². The third-order valence-corrected chi connectivity index (χ3v) is 6.94. The molecular formula is C21H30Cl2N2O. The molecule has 3 nitrogen and oxygen atoms in total. The summed E-state index contributed by atoms with van der Waals surface area (Å²) in [5.74, 6) is 0.806. The fraction of sp³-hybridized carbons (Fsp3) is 0.667. The van der Waals surface area contributed by atoms with Gasteiger partial charge in [-0.25, -0.2) is 0 Å². The summed E-state index contributed by atoms with van der Waals surface area (Å²) in [4.78, 5) is 12.6. The molecule has 0 radical (unpaired) electrons. The average molecular weight is 397 g/mol. The van der Waals surface area contributed by atoms with Crippen molar-refractivity contribution in [3.63, 3.8) is 0 Å². The smallest absolute Gasteiger partial charge is 0.220 e. The van der Waals surface area contributed by atoms with E-state index in [1.54, 1.807) is 0 Å². The van der Waals surface area contributed by atoms with Gasteiger partial charge in [-0.1, -0.05) is 36.6 Å². The van der Waals surface area contributed by atoms with Gasteiger partial charge in [-0.2, -0.15) is 0 Å². The van der Waals surface area contributed by atoms with E-state index in [1.165, 1.54) is 44.1 Å². The lowest BCUT2D eigenvalue weighted by Gasteiger charge is -2.31. The molecule has 144 valence electrons. The number of hydrogen-bond acceptors (Lipinski definition) is 2. The maximum atomic E-state index is 12.6. The molecule has 3 fully saturated rings. The summed E-state index contributed by atoms with van der Waals surface area (Å²) < 4.78 is 0. The van der Waals surface area contributed by atoms with E-state index >= 15 is 0 Å². The summed E-state index contributed by atoms with van der Waals surface area (Å²) >= 11 is 6.05. The fourth-order valence-corrected chi connectivity index (χ4v) is 5.49. The monoisotopic (exact) mass is 396 g/mol. The molecule has 2 saturated heterocycles. The molecule has 5 heteroatoms. The minimum atomic E-state index is 0. The molecule has 2 bridgehead atoms. The first-order valence-corrected chi connectivity index (χ1v) is 10.3. The summed E-state index contributed by atoms with van der Waals surface area (Å²) in [6, 6.07) is 9.56. The standard InChI is InChI=1S/C21H29ClN2O.ClH/c22-17-5-3-16(4-6-17)21(9-1-2-10-21)14-23-20(25)13-15-11-18-7-8-19(12-15)24-18;/h3-6,15,18-19,24H,1-2,7-14H2,(H,23,25);1H. The number of nitrogens with one attached hydrogen (secondary N) is 2. The Hall–Kier alpha value is -0.770. The molecule has 1 aromatic carbocycles. The molecule has 26 heavy (non-hydrogen) atoms.